The Hall–Kier alpha value is -1.12. The van der Waals surface area contributed by atoms with Crippen LogP contribution in [0, 0.1) is 11.3 Å². The lowest BCUT2D eigenvalue weighted by Gasteiger charge is -2.31. The normalized spacial score (nSPS) is 17.5. The van der Waals surface area contributed by atoms with Gasteiger partial charge in [0.25, 0.3) is 0 Å². The molecule has 5 nitrogen and oxygen atoms in total. The molecule has 0 aliphatic carbocycles. The highest BCUT2D eigenvalue weighted by atomic mass is 16.5. The van der Waals surface area contributed by atoms with Gasteiger partial charge >= 0.3 is 5.97 Å². The van der Waals surface area contributed by atoms with Crippen LogP contribution in [0.3, 0.4) is 0 Å². The predicted molar refractivity (Wildman–Crippen MR) is 67.1 cm³/mol. The number of piperidine rings is 1. The van der Waals surface area contributed by atoms with Crippen LogP contribution in [0.2, 0.25) is 0 Å². The van der Waals surface area contributed by atoms with Crippen LogP contribution in [-0.4, -0.2) is 48.3 Å². The van der Waals surface area contributed by atoms with Crippen molar-refractivity contribution in [3.63, 3.8) is 0 Å². The summed E-state index contributed by atoms with van der Waals surface area (Å²) in [7, 11) is 0. The minimum Gasteiger partial charge on any atom is -0.481 e. The zero-order chi connectivity index (χ0) is 13.2. The van der Waals surface area contributed by atoms with Crippen LogP contribution in [0.1, 0.15) is 38.5 Å². The highest BCUT2D eigenvalue weighted by Crippen LogP contribution is 2.14. The number of carboxylic acid groups (broad SMARTS) is 1. The molecule has 1 rings (SSSR count). The summed E-state index contributed by atoms with van der Waals surface area (Å²) in [5.74, 6) is -0.801. The SMILES string of the molecule is N#CCCCCN1CCC(OCCC(=O)O)CC1. The number of likely N-dealkylation sites (tertiary alicyclic amines) is 1. The largest absolute Gasteiger partial charge is 0.481 e. The first-order chi connectivity index (χ1) is 8.72. The second kappa shape index (κ2) is 8.90. The van der Waals surface area contributed by atoms with Gasteiger partial charge in [0.15, 0.2) is 0 Å². The minimum absolute atomic E-state index is 0.0916. The number of carboxylic acids is 1. The van der Waals surface area contributed by atoms with Gasteiger partial charge in [0, 0.05) is 19.5 Å². The van der Waals surface area contributed by atoms with E-state index in [0.717, 1.165) is 45.3 Å². The molecule has 0 aromatic heterocycles. The molecule has 5 heteroatoms. The van der Waals surface area contributed by atoms with E-state index in [1.165, 1.54) is 0 Å². The third-order valence-electron chi connectivity index (χ3n) is 3.22. The van der Waals surface area contributed by atoms with E-state index in [1.54, 1.807) is 0 Å². The third kappa shape index (κ3) is 6.58. The maximum absolute atomic E-state index is 10.4. The minimum atomic E-state index is -0.801. The molecule has 102 valence electrons. The lowest BCUT2D eigenvalue weighted by Crippen LogP contribution is -2.37. The van der Waals surface area contributed by atoms with Gasteiger partial charge < -0.3 is 14.7 Å². The lowest BCUT2D eigenvalue weighted by molar-refractivity contribution is -0.138. The fourth-order valence-corrected chi connectivity index (χ4v) is 2.15. The standard InChI is InChI=1S/C13H22N2O3/c14-7-2-1-3-8-15-9-4-12(5-10-15)18-11-6-13(16)17/h12H,1-6,8-11H2,(H,16,17). The maximum Gasteiger partial charge on any atom is 0.305 e. The molecule has 0 amide bonds. The van der Waals surface area contributed by atoms with Crippen molar-refractivity contribution in [1.82, 2.24) is 4.90 Å². The molecule has 0 radical (unpaired) electrons. The summed E-state index contributed by atoms with van der Waals surface area (Å²) in [6, 6.07) is 2.16. The van der Waals surface area contributed by atoms with E-state index < -0.39 is 5.97 Å². The first-order valence-corrected chi connectivity index (χ1v) is 6.65. The Bertz CT molecular complexity index is 280. The highest BCUT2D eigenvalue weighted by Gasteiger charge is 2.19. The van der Waals surface area contributed by atoms with Gasteiger partial charge in [-0.15, -0.1) is 0 Å². The van der Waals surface area contributed by atoms with Crippen molar-refractivity contribution in [2.75, 3.05) is 26.2 Å². The van der Waals surface area contributed by atoms with Gasteiger partial charge in [0.2, 0.25) is 0 Å². The average Bonchev–Trinajstić information content (AvgIpc) is 2.36. The van der Waals surface area contributed by atoms with Crippen molar-refractivity contribution in [2.45, 2.75) is 44.6 Å². The monoisotopic (exact) mass is 254 g/mol. The van der Waals surface area contributed by atoms with Crippen LogP contribution in [-0.2, 0) is 9.53 Å². The van der Waals surface area contributed by atoms with E-state index in [1.807, 2.05) is 0 Å². The molecule has 18 heavy (non-hydrogen) atoms. The maximum atomic E-state index is 10.4. The molecule has 0 aromatic rings. The number of ether oxygens (including phenoxy) is 1. The summed E-state index contributed by atoms with van der Waals surface area (Å²) in [4.78, 5) is 12.8. The van der Waals surface area contributed by atoms with E-state index >= 15 is 0 Å². The molecule has 1 heterocycles. The predicted octanol–water partition coefficient (Wildman–Crippen LogP) is 1.64. The van der Waals surface area contributed by atoms with E-state index in [0.29, 0.717) is 13.0 Å². The molecule has 1 aliphatic heterocycles. The van der Waals surface area contributed by atoms with Crippen LogP contribution < -0.4 is 0 Å². The number of unbranched alkanes of at least 4 members (excludes halogenated alkanes) is 2. The fourth-order valence-electron chi connectivity index (χ4n) is 2.15. The zero-order valence-corrected chi connectivity index (χ0v) is 10.8. The van der Waals surface area contributed by atoms with Crippen LogP contribution in [0.5, 0.6) is 0 Å². The molecular weight excluding hydrogens is 232 g/mol. The van der Waals surface area contributed by atoms with Crippen molar-refractivity contribution in [2.24, 2.45) is 0 Å². The first-order valence-electron chi connectivity index (χ1n) is 6.65. The molecule has 1 fully saturated rings. The molecule has 0 bridgehead atoms. The summed E-state index contributed by atoms with van der Waals surface area (Å²) in [6.45, 7) is 3.42. The Labute approximate surface area is 108 Å². The van der Waals surface area contributed by atoms with Gasteiger partial charge in [-0.25, -0.2) is 0 Å². The summed E-state index contributed by atoms with van der Waals surface area (Å²) >= 11 is 0. The Morgan fingerprint density at radius 1 is 1.39 bits per heavy atom. The second-order valence-corrected chi connectivity index (χ2v) is 4.67. The number of nitriles is 1. The van der Waals surface area contributed by atoms with Gasteiger partial charge in [-0.3, -0.25) is 4.79 Å². The number of aliphatic carboxylic acids is 1. The fraction of sp³-hybridized carbons (Fsp3) is 0.846. The van der Waals surface area contributed by atoms with Crippen LogP contribution in [0.4, 0.5) is 0 Å². The molecular formula is C13H22N2O3. The average molecular weight is 254 g/mol. The molecule has 1 saturated heterocycles. The van der Waals surface area contributed by atoms with Gasteiger partial charge in [0.1, 0.15) is 0 Å². The van der Waals surface area contributed by atoms with E-state index in [9.17, 15) is 4.79 Å². The van der Waals surface area contributed by atoms with Crippen molar-refractivity contribution in [3.8, 4) is 6.07 Å². The summed E-state index contributed by atoms with van der Waals surface area (Å²) in [6.07, 6.45) is 4.99. The Morgan fingerprint density at radius 2 is 2.11 bits per heavy atom. The second-order valence-electron chi connectivity index (χ2n) is 4.67. The zero-order valence-electron chi connectivity index (χ0n) is 10.8. The van der Waals surface area contributed by atoms with Gasteiger partial charge in [0.05, 0.1) is 25.2 Å². The molecule has 0 aromatic carbocycles. The lowest BCUT2D eigenvalue weighted by atomic mass is 10.1. The van der Waals surface area contributed by atoms with Gasteiger partial charge in [-0.05, 0) is 32.2 Å². The van der Waals surface area contributed by atoms with E-state index in [4.69, 9.17) is 15.1 Å². The van der Waals surface area contributed by atoms with Crippen molar-refractivity contribution in [1.29, 1.82) is 5.26 Å². The quantitative estimate of drug-likeness (QED) is 0.666. The highest BCUT2D eigenvalue weighted by molar-refractivity contribution is 5.66. The van der Waals surface area contributed by atoms with Crippen LogP contribution in [0.15, 0.2) is 0 Å². The number of hydrogen-bond acceptors (Lipinski definition) is 4. The molecule has 0 atom stereocenters. The van der Waals surface area contributed by atoms with E-state index in [-0.39, 0.29) is 12.5 Å². The van der Waals surface area contributed by atoms with Crippen molar-refractivity contribution in [3.05, 3.63) is 0 Å². The number of rotatable bonds is 8. The smallest absolute Gasteiger partial charge is 0.305 e. The molecule has 0 spiro atoms. The Balaban J connectivity index is 2.02. The number of hydrogen-bond donors (Lipinski definition) is 1. The molecule has 0 unspecified atom stereocenters. The summed E-state index contributed by atoms with van der Waals surface area (Å²) in [5, 5.41) is 17.0. The Morgan fingerprint density at radius 3 is 2.72 bits per heavy atom. The summed E-state index contributed by atoms with van der Waals surface area (Å²) < 4.78 is 5.53. The number of nitrogens with zero attached hydrogens (tertiary/aromatic N) is 2. The van der Waals surface area contributed by atoms with Gasteiger partial charge in [-0.1, -0.05) is 0 Å². The van der Waals surface area contributed by atoms with Crippen molar-refractivity contribution < 1.29 is 14.6 Å². The van der Waals surface area contributed by atoms with E-state index in [2.05, 4.69) is 11.0 Å². The van der Waals surface area contributed by atoms with Crippen LogP contribution >= 0.6 is 0 Å². The van der Waals surface area contributed by atoms with Crippen LogP contribution in [0.25, 0.3) is 0 Å². The summed E-state index contributed by atoms with van der Waals surface area (Å²) in [5.41, 5.74) is 0. The topological polar surface area (TPSA) is 73.6 Å². The Kier molecular flexibility index (Phi) is 7.38. The first kappa shape index (κ1) is 14.9. The third-order valence-corrected chi connectivity index (χ3v) is 3.22. The molecule has 1 N–H and O–H groups in total. The van der Waals surface area contributed by atoms with Gasteiger partial charge in [-0.2, -0.15) is 5.26 Å². The molecule has 1 aliphatic rings. The van der Waals surface area contributed by atoms with Crippen molar-refractivity contribution >= 4 is 5.97 Å². The number of carbonyl (C=O) groups is 1. The molecule has 0 saturated carbocycles.